The topological polar surface area (TPSA) is 105 Å². The van der Waals surface area contributed by atoms with Crippen LogP contribution in [0.4, 0.5) is 14.9 Å². The number of ether oxygens (including phenoxy) is 1. The lowest BCUT2D eigenvalue weighted by molar-refractivity contribution is 0.0671. The Balaban J connectivity index is 1.28. The van der Waals surface area contributed by atoms with E-state index in [1.807, 2.05) is 18.2 Å². The second-order valence-electron chi connectivity index (χ2n) is 8.38. The normalized spacial score (nSPS) is 13.2. The largest absolute Gasteiger partial charge is 0.492 e. The van der Waals surface area contributed by atoms with Crippen molar-refractivity contribution >= 4 is 23.5 Å². The molecular formula is C27H27FN4O4. The van der Waals surface area contributed by atoms with Crippen LogP contribution in [0.3, 0.4) is 0 Å². The zero-order chi connectivity index (χ0) is 25.5. The minimum Gasteiger partial charge on any atom is -0.492 e. The van der Waals surface area contributed by atoms with E-state index in [1.54, 1.807) is 40.1 Å². The fraction of sp³-hybridized carbons (Fsp3) is 0.222. The number of hydrogen-bond donors (Lipinski definition) is 2. The van der Waals surface area contributed by atoms with Crippen molar-refractivity contribution in [3.63, 3.8) is 0 Å². The molecule has 0 unspecified atom stereocenters. The van der Waals surface area contributed by atoms with Crippen LogP contribution in [-0.2, 0) is 6.42 Å². The van der Waals surface area contributed by atoms with E-state index >= 15 is 0 Å². The van der Waals surface area contributed by atoms with E-state index in [0.717, 1.165) is 5.56 Å². The van der Waals surface area contributed by atoms with Crippen LogP contribution in [0.15, 0.2) is 72.8 Å². The molecule has 0 aromatic heterocycles. The van der Waals surface area contributed by atoms with Crippen molar-refractivity contribution in [2.24, 2.45) is 5.73 Å². The smallest absolute Gasteiger partial charge is 0.321 e. The zero-order valence-electron chi connectivity index (χ0n) is 19.7. The number of piperazine rings is 1. The van der Waals surface area contributed by atoms with E-state index in [0.29, 0.717) is 61.8 Å². The first-order chi connectivity index (χ1) is 17.4. The summed E-state index contributed by atoms with van der Waals surface area (Å²) in [5, 5.41) is 2.74. The number of nitrogens with zero attached hydrogens (tertiary/aromatic N) is 2. The van der Waals surface area contributed by atoms with Crippen molar-refractivity contribution < 1.29 is 23.5 Å². The van der Waals surface area contributed by atoms with E-state index in [9.17, 15) is 18.8 Å². The number of urea groups is 1. The molecule has 1 aliphatic rings. The zero-order valence-corrected chi connectivity index (χ0v) is 19.7. The number of nitrogens with one attached hydrogen (secondary N) is 1. The van der Waals surface area contributed by atoms with Gasteiger partial charge in [-0.15, -0.1) is 0 Å². The van der Waals surface area contributed by atoms with Gasteiger partial charge in [0.2, 0.25) is 0 Å². The molecule has 0 aliphatic carbocycles. The number of anilines is 1. The van der Waals surface area contributed by atoms with Crippen LogP contribution in [0.5, 0.6) is 5.75 Å². The monoisotopic (exact) mass is 490 g/mol. The quantitative estimate of drug-likeness (QED) is 0.529. The minimum atomic E-state index is -0.550. The molecule has 36 heavy (non-hydrogen) atoms. The van der Waals surface area contributed by atoms with Crippen LogP contribution in [0.2, 0.25) is 0 Å². The Morgan fingerprint density at radius 2 is 1.58 bits per heavy atom. The molecule has 3 N–H and O–H groups in total. The third-order valence-corrected chi connectivity index (χ3v) is 5.92. The summed E-state index contributed by atoms with van der Waals surface area (Å²) in [7, 11) is 0. The molecule has 1 aliphatic heterocycles. The molecule has 3 aromatic rings. The van der Waals surface area contributed by atoms with Gasteiger partial charge in [0, 0.05) is 43.9 Å². The predicted molar refractivity (Wildman–Crippen MR) is 133 cm³/mol. The first kappa shape index (κ1) is 24.7. The van der Waals surface area contributed by atoms with Gasteiger partial charge in [-0.2, -0.15) is 0 Å². The number of carbonyl (C=O) groups excluding carboxylic acids is 3. The number of rotatable bonds is 7. The maximum atomic E-state index is 13.1. The lowest BCUT2D eigenvalue weighted by Crippen LogP contribution is -2.51. The van der Waals surface area contributed by atoms with Crippen molar-refractivity contribution in [1.29, 1.82) is 0 Å². The molecule has 1 fully saturated rings. The summed E-state index contributed by atoms with van der Waals surface area (Å²) >= 11 is 0. The Bertz CT molecular complexity index is 1240. The highest BCUT2D eigenvalue weighted by molar-refractivity contribution is 5.96. The van der Waals surface area contributed by atoms with Crippen molar-refractivity contribution in [1.82, 2.24) is 9.80 Å². The molecule has 3 aromatic carbocycles. The van der Waals surface area contributed by atoms with Gasteiger partial charge in [-0.1, -0.05) is 24.3 Å². The lowest BCUT2D eigenvalue weighted by Gasteiger charge is -2.34. The van der Waals surface area contributed by atoms with E-state index in [1.165, 1.54) is 24.3 Å². The molecular weight excluding hydrogens is 463 g/mol. The number of halogens is 1. The number of para-hydroxylation sites is 1. The maximum Gasteiger partial charge on any atom is 0.321 e. The number of primary amides is 1. The highest BCUT2D eigenvalue weighted by Gasteiger charge is 2.25. The Morgan fingerprint density at radius 3 is 2.31 bits per heavy atom. The molecule has 0 atom stereocenters. The SMILES string of the molecule is NC(=O)c1ccccc1OCCc1cccc(C(=O)N2CCN(C(=O)Nc3ccc(F)cc3)CC2)c1. The Labute approximate surface area is 208 Å². The molecule has 1 saturated heterocycles. The predicted octanol–water partition coefficient (Wildman–Crippen LogP) is 3.54. The van der Waals surface area contributed by atoms with E-state index in [4.69, 9.17) is 10.5 Å². The summed E-state index contributed by atoms with van der Waals surface area (Å²) in [4.78, 5) is 40.4. The van der Waals surface area contributed by atoms with Crippen molar-refractivity contribution in [3.05, 3.63) is 95.3 Å². The molecule has 9 heteroatoms. The fourth-order valence-corrected chi connectivity index (χ4v) is 3.97. The number of amides is 4. The van der Waals surface area contributed by atoms with E-state index < -0.39 is 5.91 Å². The first-order valence-corrected chi connectivity index (χ1v) is 11.6. The van der Waals surface area contributed by atoms with Gasteiger partial charge in [-0.05, 0) is 54.1 Å². The number of hydrogen-bond acceptors (Lipinski definition) is 4. The number of nitrogens with two attached hydrogens (primary N) is 1. The summed E-state index contributed by atoms with van der Waals surface area (Å²) in [6, 6.07) is 19.4. The lowest BCUT2D eigenvalue weighted by atomic mass is 10.1. The second kappa shape index (κ2) is 11.4. The summed E-state index contributed by atoms with van der Waals surface area (Å²) in [6.07, 6.45) is 0.547. The first-order valence-electron chi connectivity index (χ1n) is 11.6. The molecule has 0 saturated carbocycles. The number of benzene rings is 3. The molecule has 4 amide bonds. The van der Waals surface area contributed by atoms with Gasteiger partial charge >= 0.3 is 6.03 Å². The maximum absolute atomic E-state index is 13.1. The van der Waals surface area contributed by atoms with Crippen molar-refractivity contribution in [2.75, 3.05) is 38.1 Å². The van der Waals surface area contributed by atoms with Crippen LogP contribution >= 0.6 is 0 Å². The second-order valence-corrected chi connectivity index (χ2v) is 8.38. The van der Waals surface area contributed by atoms with Gasteiger partial charge in [0.25, 0.3) is 11.8 Å². The summed E-state index contributed by atoms with van der Waals surface area (Å²) < 4.78 is 18.8. The standard InChI is InChI=1S/C27H27FN4O4/c28-21-8-10-22(11-9-21)30-27(35)32-15-13-31(14-16-32)26(34)20-5-3-4-19(18-20)12-17-36-24-7-2-1-6-23(24)25(29)33/h1-11,18H,12-17H2,(H2,29,33)(H,30,35). The highest BCUT2D eigenvalue weighted by Crippen LogP contribution is 2.18. The molecule has 1 heterocycles. The Kier molecular flexibility index (Phi) is 7.79. The average Bonchev–Trinajstić information content (AvgIpc) is 2.90. The van der Waals surface area contributed by atoms with Gasteiger partial charge < -0.3 is 25.6 Å². The van der Waals surface area contributed by atoms with Crippen molar-refractivity contribution in [3.8, 4) is 5.75 Å². The van der Waals surface area contributed by atoms with Gasteiger partial charge in [0.05, 0.1) is 12.2 Å². The van der Waals surface area contributed by atoms with Gasteiger partial charge in [0.1, 0.15) is 11.6 Å². The highest BCUT2D eigenvalue weighted by atomic mass is 19.1. The minimum absolute atomic E-state index is 0.101. The van der Waals surface area contributed by atoms with E-state index in [-0.39, 0.29) is 17.8 Å². The van der Waals surface area contributed by atoms with Gasteiger partial charge in [0.15, 0.2) is 0 Å². The van der Waals surface area contributed by atoms with Crippen LogP contribution < -0.4 is 15.8 Å². The summed E-state index contributed by atoms with van der Waals surface area (Å²) in [5.41, 5.74) is 7.72. The fourth-order valence-electron chi connectivity index (χ4n) is 3.97. The molecule has 4 rings (SSSR count). The van der Waals surface area contributed by atoms with Gasteiger partial charge in [-0.3, -0.25) is 9.59 Å². The number of carbonyl (C=O) groups is 3. The van der Waals surface area contributed by atoms with E-state index in [2.05, 4.69) is 5.32 Å². The molecule has 8 nitrogen and oxygen atoms in total. The van der Waals surface area contributed by atoms with Crippen LogP contribution in [0, 0.1) is 5.82 Å². The molecule has 186 valence electrons. The summed E-state index contributed by atoms with van der Waals surface area (Å²) in [5.74, 6) is -0.592. The van der Waals surface area contributed by atoms with Gasteiger partial charge in [-0.25, -0.2) is 9.18 Å². The Hall–Kier alpha value is -4.40. The van der Waals surface area contributed by atoms with Crippen LogP contribution in [0.25, 0.3) is 0 Å². The average molecular weight is 491 g/mol. The molecule has 0 spiro atoms. The van der Waals surface area contributed by atoms with Crippen LogP contribution in [-0.4, -0.2) is 60.4 Å². The molecule has 0 bridgehead atoms. The summed E-state index contributed by atoms with van der Waals surface area (Å²) in [6.45, 7) is 1.93. The van der Waals surface area contributed by atoms with Crippen LogP contribution in [0.1, 0.15) is 26.3 Å². The Morgan fingerprint density at radius 1 is 0.889 bits per heavy atom. The van der Waals surface area contributed by atoms with Crippen molar-refractivity contribution in [2.45, 2.75) is 6.42 Å². The molecule has 0 radical (unpaired) electrons. The third-order valence-electron chi connectivity index (χ3n) is 5.92. The third kappa shape index (κ3) is 6.18.